The van der Waals surface area contributed by atoms with E-state index < -0.39 is 11.8 Å². The summed E-state index contributed by atoms with van der Waals surface area (Å²) in [6.45, 7) is 5.40. The molecule has 1 aliphatic rings. The van der Waals surface area contributed by atoms with Crippen molar-refractivity contribution in [1.29, 1.82) is 0 Å². The number of fused-ring (bicyclic) bond motifs is 1. The number of amides is 1. The van der Waals surface area contributed by atoms with Crippen LogP contribution in [0.2, 0.25) is 0 Å². The summed E-state index contributed by atoms with van der Waals surface area (Å²) in [4.78, 5) is 29.6. The van der Waals surface area contributed by atoms with Gasteiger partial charge in [0.2, 0.25) is 5.91 Å². The van der Waals surface area contributed by atoms with Crippen molar-refractivity contribution in [1.82, 2.24) is 9.88 Å². The number of H-pyrrole nitrogens is 1. The standard InChI is InChI=1S/C18H22FN3O4/c1-2-26-18(24)17-16(13-11-12(19)3-4-14(13)20-17)21-15(23)5-6-22-7-9-25-10-8-22/h3-4,11,20H,2,5-10H2,1H3,(H,21,23). The van der Waals surface area contributed by atoms with Crippen LogP contribution in [0.15, 0.2) is 18.2 Å². The fraction of sp³-hybridized carbons (Fsp3) is 0.444. The summed E-state index contributed by atoms with van der Waals surface area (Å²) in [6, 6.07) is 4.10. The highest BCUT2D eigenvalue weighted by atomic mass is 19.1. The third-order valence-electron chi connectivity index (χ3n) is 4.26. The van der Waals surface area contributed by atoms with Crippen molar-refractivity contribution in [2.75, 3.05) is 44.8 Å². The summed E-state index contributed by atoms with van der Waals surface area (Å²) in [6.07, 6.45) is 0.268. The Bertz CT molecular complexity index is 799. The number of nitrogens with one attached hydrogen (secondary N) is 2. The van der Waals surface area contributed by atoms with E-state index >= 15 is 0 Å². The van der Waals surface area contributed by atoms with E-state index in [9.17, 15) is 14.0 Å². The molecule has 0 radical (unpaired) electrons. The molecule has 2 heterocycles. The molecule has 0 aliphatic carbocycles. The molecule has 2 aromatic rings. The van der Waals surface area contributed by atoms with Crippen LogP contribution >= 0.6 is 0 Å². The van der Waals surface area contributed by atoms with Gasteiger partial charge in [-0.25, -0.2) is 9.18 Å². The van der Waals surface area contributed by atoms with Crippen LogP contribution in [0.25, 0.3) is 10.9 Å². The molecule has 0 saturated carbocycles. The number of nitrogens with zero attached hydrogens (tertiary/aromatic N) is 1. The van der Waals surface area contributed by atoms with E-state index in [0.29, 0.717) is 30.7 Å². The Morgan fingerprint density at radius 3 is 2.85 bits per heavy atom. The number of aromatic nitrogens is 1. The normalized spacial score (nSPS) is 15.2. The lowest BCUT2D eigenvalue weighted by molar-refractivity contribution is -0.116. The zero-order valence-corrected chi connectivity index (χ0v) is 14.6. The predicted octanol–water partition coefficient (Wildman–Crippen LogP) is 2.14. The molecule has 1 aromatic carbocycles. The average Bonchev–Trinajstić information content (AvgIpc) is 2.99. The number of carbonyl (C=O) groups excluding carboxylic acids is 2. The summed E-state index contributed by atoms with van der Waals surface area (Å²) in [5, 5.41) is 3.18. The van der Waals surface area contributed by atoms with Gasteiger partial charge in [0.1, 0.15) is 11.5 Å². The number of esters is 1. The van der Waals surface area contributed by atoms with Crippen molar-refractivity contribution in [2.24, 2.45) is 0 Å². The van der Waals surface area contributed by atoms with Gasteiger partial charge < -0.3 is 19.8 Å². The summed E-state index contributed by atoms with van der Waals surface area (Å²) in [7, 11) is 0. The second-order valence-corrected chi connectivity index (χ2v) is 6.04. The number of hydrogen-bond acceptors (Lipinski definition) is 5. The van der Waals surface area contributed by atoms with E-state index in [0.717, 1.165) is 13.1 Å². The lowest BCUT2D eigenvalue weighted by atomic mass is 10.2. The first kappa shape index (κ1) is 18.3. The lowest BCUT2D eigenvalue weighted by Gasteiger charge is -2.26. The number of rotatable bonds is 6. The van der Waals surface area contributed by atoms with Gasteiger partial charge in [-0.3, -0.25) is 9.69 Å². The molecule has 2 N–H and O–H groups in total. The zero-order valence-electron chi connectivity index (χ0n) is 14.6. The molecular formula is C18H22FN3O4. The van der Waals surface area contributed by atoms with Gasteiger partial charge in [-0.2, -0.15) is 0 Å². The summed E-state index contributed by atoms with van der Waals surface area (Å²) in [5.74, 6) is -1.28. The Morgan fingerprint density at radius 2 is 2.12 bits per heavy atom. The molecule has 0 atom stereocenters. The first-order valence-electron chi connectivity index (χ1n) is 8.66. The summed E-state index contributed by atoms with van der Waals surface area (Å²) >= 11 is 0. The van der Waals surface area contributed by atoms with Gasteiger partial charge in [-0.05, 0) is 25.1 Å². The number of hydrogen-bond donors (Lipinski definition) is 2. The fourth-order valence-corrected chi connectivity index (χ4v) is 2.94. The second kappa shape index (κ2) is 8.29. The Hall–Kier alpha value is -2.45. The van der Waals surface area contributed by atoms with Crippen molar-refractivity contribution in [2.45, 2.75) is 13.3 Å². The molecule has 1 aliphatic heterocycles. The number of aromatic amines is 1. The summed E-state index contributed by atoms with van der Waals surface area (Å²) < 4.78 is 24.0. The number of anilines is 1. The highest BCUT2D eigenvalue weighted by Gasteiger charge is 2.21. The van der Waals surface area contributed by atoms with E-state index in [2.05, 4.69) is 15.2 Å². The quantitative estimate of drug-likeness (QED) is 0.769. The van der Waals surface area contributed by atoms with Gasteiger partial charge in [0.05, 0.1) is 25.5 Å². The largest absolute Gasteiger partial charge is 0.461 e. The van der Waals surface area contributed by atoms with Crippen LogP contribution in [0.4, 0.5) is 10.1 Å². The van der Waals surface area contributed by atoms with Crippen molar-refractivity contribution < 1.29 is 23.5 Å². The molecule has 140 valence electrons. The number of morpholine rings is 1. The molecule has 1 saturated heterocycles. The van der Waals surface area contributed by atoms with E-state index in [-0.39, 0.29) is 30.3 Å². The molecule has 8 heteroatoms. The van der Waals surface area contributed by atoms with Crippen LogP contribution in [0.5, 0.6) is 0 Å². The van der Waals surface area contributed by atoms with E-state index in [1.165, 1.54) is 18.2 Å². The van der Waals surface area contributed by atoms with Crippen LogP contribution in [-0.4, -0.2) is 61.2 Å². The number of halogens is 1. The van der Waals surface area contributed by atoms with Crippen molar-refractivity contribution in [3.8, 4) is 0 Å². The third-order valence-corrected chi connectivity index (χ3v) is 4.26. The van der Waals surface area contributed by atoms with Crippen LogP contribution in [0.3, 0.4) is 0 Å². The van der Waals surface area contributed by atoms with Gasteiger partial charge in [0.25, 0.3) is 0 Å². The van der Waals surface area contributed by atoms with E-state index in [1.807, 2.05) is 0 Å². The monoisotopic (exact) mass is 363 g/mol. The molecule has 0 spiro atoms. The molecule has 1 fully saturated rings. The van der Waals surface area contributed by atoms with Gasteiger partial charge in [-0.15, -0.1) is 0 Å². The smallest absolute Gasteiger partial charge is 0.356 e. The lowest BCUT2D eigenvalue weighted by Crippen LogP contribution is -2.38. The van der Waals surface area contributed by atoms with Crippen LogP contribution < -0.4 is 5.32 Å². The van der Waals surface area contributed by atoms with Crippen molar-refractivity contribution >= 4 is 28.5 Å². The van der Waals surface area contributed by atoms with Crippen LogP contribution in [0, 0.1) is 5.82 Å². The Kier molecular flexibility index (Phi) is 5.85. The minimum atomic E-state index is -0.590. The van der Waals surface area contributed by atoms with Gasteiger partial charge in [0, 0.05) is 37.0 Å². The first-order chi connectivity index (χ1) is 12.6. The van der Waals surface area contributed by atoms with Gasteiger partial charge in [-0.1, -0.05) is 0 Å². The highest BCUT2D eigenvalue weighted by molar-refractivity contribution is 6.11. The number of ether oxygens (including phenoxy) is 2. The van der Waals surface area contributed by atoms with Crippen LogP contribution in [0.1, 0.15) is 23.8 Å². The van der Waals surface area contributed by atoms with E-state index in [1.54, 1.807) is 6.92 Å². The maximum absolute atomic E-state index is 13.6. The van der Waals surface area contributed by atoms with Crippen molar-refractivity contribution in [3.05, 3.63) is 29.7 Å². The maximum atomic E-state index is 13.6. The molecule has 3 rings (SSSR count). The molecule has 1 aromatic heterocycles. The number of benzene rings is 1. The maximum Gasteiger partial charge on any atom is 0.356 e. The van der Waals surface area contributed by atoms with Gasteiger partial charge in [0.15, 0.2) is 0 Å². The zero-order chi connectivity index (χ0) is 18.5. The van der Waals surface area contributed by atoms with E-state index in [4.69, 9.17) is 9.47 Å². The Labute approximate surface area is 150 Å². The SMILES string of the molecule is CCOC(=O)c1[nH]c2ccc(F)cc2c1NC(=O)CCN1CCOCC1. The minimum absolute atomic E-state index is 0.118. The molecule has 1 amide bonds. The second-order valence-electron chi connectivity index (χ2n) is 6.04. The molecule has 0 unspecified atom stereocenters. The molecule has 7 nitrogen and oxygen atoms in total. The fourth-order valence-electron chi connectivity index (χ4n) is 2.94. The first-order valence-corrected chi connectivity index (χ1v) is 8.66. The molecule has 0 bridgehead atoms. The molecular weight excluding hydrogens is 341 g/mol. The molecule has 26 heavy (non-hydrogen) atoms. The van der Waals surface area contributed by atoms with Gasteiger partial charge >= 0.3 is 5.97 Å². The average molecular weight is 363 g/mol. The minimum Gasteiger partial charge on any atom is -0.461 e. The van der Waals surface area contributed by atoms with Crippen molar-refractivity contribution in [3.63, 3.8) is 0 Å². The Balaban J connectivity index is 1.77. The third kappa shape index (κ3) is 4.20. The topological polar surface area (TPSA) is 83.7 Å². The Morgan fingerprint density at radius 1 is 1.35 bits per heavy atom. The number of carbonyl (C=O) groups is 2. The highest BCUT2D eigenvalue weighted by Crippen LogP contribution is 2.29. The predicted molar refractivity (Wildman–Crippen MR) is 94.7 cm³/mol. The van der Waals surface area contributed by atoms with Crippen LogP contribution in [-0.2, 0) is 14.3 Å². The summed E-state index contributed by atoms with van der Waals surface area (Å²) in [5.41, 5.74) is 0.926.